The van der Waals surface area contributed by atoms with Gasteiger partial charge in [0, 0.05) is 35.2 Å². The van der Waals surface area contributed by atoms with E-state index in [2.05, 4.69) is 128 Å². The predicted octanol–water partition coefficient (Wildman–Crippen LogP) is 11.6. The Balaban J connectivity index is 0.000000246. The third-order valence-corrected chi connectivity index (χ3v) is 8.05. The summed E-state index contributed by atoms with van der Waals surface area (Å²) < 4.78 is 17.3. The van der Waals surface area contributed by atoms with Crippen LogP contribution in [0.15, 0.2) is 122 Å². The molecule has 0 aliphatic heterocycles. The zero-order valence-corrected chi connectivity index (χ0v) is 30.2. The molecule has 1 radical (unpaired) electrons. The SMILES string of the molecule is Cc1c[c-]c(-c2cc(C)c(C)cn2)cc1.[2H]C([2H])(c1ccnc(-c2[c-]ccc(-c3cc4ccccc4c4ccccc34)c2)c1)C(C)(C)C.[Ir]. The normalized spacial score (nSPS) is 12.0. The average Bonchev–Trinajstić information content (AvgIpc) is 3.09. The van der Waals surface area contributed by atoms with Crippen LogP contribution < -0.4 is 0 Å². The molecule has 0 saturated heterocycles. The molecule has 5 aromatic carbocycles. The van der Waals surface area contributed by atoms with Crippen LogP contribution in [0, 0.1) is 38.3 Å². The summed E-state index contributed by atoms with van der Waals surface area (Å²) in [6, 6.07) is 43.8. The van der Waals surface area contributed by atoms with Gasteiger partial charge in [-0.1, -0.05) is 99.5 Å². The van der Waals surface area contributed by atoms with E-state index in [-0.39, 0.29) is 20.1 Å². The topological polar surface area (TPSA) is 25.8 Å². The molecule has 0 atom stereocenters. The molecule has 2 aromatic heterocycles. The second kappa shape index (κ2) is 14.6. The van der Waals surface area contributed by atoms with Crippen LogP contribution in [0.25, 0.3) is 55.2 Å². The van der Waals surface area contributed by atoms with E-state index in [1.54, 1.807) is 12.3 Å². The number of hydrogen-bond acceptors (Lipinski definition) is 2. The van der Waals surface area contributed by atoms with E-state index in [1.807, 2.05) is 45.2 Å². The summed E-state index contributed by atoms with van der Waals surface area (Å²) in [5.74, 6) is 0. The molecule has 47 heavy (non-hydrogen) atoms. The van der Waals surface area contributed by atoms with Crippen molar-refractivity contribution in [1.29, 1.82) is 0 Å². The molecule has 0 fully saturated rings. The largest absolute Gasteiger partial charge is 0.305 e. The fourth-order valence-electron chi connectivity index (χ4n) is 5.60. The predicted molar refractivity (Wildman–Crippen MR) is 195 cm³/mol. The fraction of sp³-hybridized carbons (Fsp3) is 0.182. The molecule has 0 saturated carbocycles. The number of hydrogen-bond donors (Lipinski definition) is 0. The first-order valence-electron chi connectivity index (χ1n) is 16.7. The summed E-state index contributed by atoms with van der Waals surface area (Å²) in [4.78, 5) is 8.96. The average molecular weight is 791 g/mol. The summed E-state index contributed by atoms with van der Waals surface area (Å²) in [5, 5.41) is 4.90. The number of nitrogens with zero attached hydrogens (tertiary/aromatic N) is 2. The van der Waals surface area contributed by atoms with Crippen LogP contribution in [0.2, 0.25) is 0 Å². The molecule has 7 rings (SSSR count). The van der Waals surface area contributed by atoms with Gasteiger partial charge < -0.3 is 9.97 Å². The van der Waals surface area contributed by atoms with E-state index >= 15 is 0 Å². The fourth-order valence-corrected chi connectivity index (χ4v) is 5.60. The molecule has 2 nitrogen and oxygen atoms in total. The molecule has 0 aliphatic carbocycles. The van der Waals surface area contributed by atoms with E-state index in [9.17, 15) is 0 Å². The Bertz CT molecular complexity index is 2230. The Morgan fingerprint density at radius 2 is 1.40 bits per heavy atom. The minimum Gasteiger partial charge on any atom is -0.305 e. The molecular formula is C44H40IrN2-2. The van der Waals surface area contributed by atoms with Gasteiger partial charge in [0.2, 0.25) is 0 Å². The van der Waals surface area contributed by atoms with Crippen LogP contribution in [0.4, 0.5) is 0 Å². The Morgan fingerprint density at radius 3 is 2.13 bits per heavy atom. The third-order valence-electron chi connectivity index (χ3n) is 8.05. The second-order valence-electron chi connectivity index (χ2n) is 12.9. The van der Waals surface area contributed by atoms with Gasteiger partial charge in [-0.05, 0) is 81.8 Å². The maximum Gasteiger partial charge on any atom is 0.0321 e. The molecule has 0 N–H and O–H groups in total. The molecule has 0 bridgehead atoms. The van der Waals surface area contributed by atoms with Gasteiger partial charge in [0.1, 0.15) is 0 Å². The smallest absolute Gasteiger partial charge is 0.0321 e. The van der Waals surface area contributed by atoms with Crippen LogP contribution in [0.5, 0.6) is 0 Å². The number of aromatic nitrogens is 2. The zero-order valence-electron chi connectivity index (χ0n) is 29.8. The van der Waals surface area contributed by atoms with Gasteiger partial charge >= 0.3 is 0 Å². The quantitative estimate of drug-likeness (QED) is 0.131. The molecule has 3 heteroatoms. The van der Waals surface area contributed by atoms with Crippen molar-refractivity contribution in [2.75, 3.05) is 0 Å². The number of pyridine rings is 2. The molecule has 7 aromatic rings. The van der Waals surface area contributed by atoms with Gasteiger partial charge in [0.15, 0.2) is 0 Å². The molecule has 0 amide bonds. The number of fused-ring (bicyclic) bond motifs is 3. The maximum atomic E-state index is 8.65. The molecule has 0 spiro atoms. The maximum absolute atomic E-state index is 8.65. The number of aryl methyl sites for hydroxylation is 3. The first kappa shape index (κ1) is 31.2. The van der Waals surface area contributed by atoms with Crippen LogP contribution in [0.3, 0.4) is 0 Å². The monoisotopic (exact) mass is 791 g/mol. The van der Waals surface area contributed by atoms with E-state index in [1.165, 1.54) is 43.8 Å². The van der Waals surface area contributed by atoms with E-state index < -0.39 is 11.8 Å². The van der Waals surface area contributed by atoms with Gasteiger partial charge in [-0.15, -0.1) is 70.8 Å². The molecule has 0 aliphatic rings. The second-order valence-corrected chi connectivity index (χ2v) is 12.9. The summed E-state index contributed by atoms with van der Waals surface area (Å²) in [5.41, 5.74) is 9.74. The van der Waals surface area contributed by atoms with Gasteiger partial charge in [-0.25, -0.2) is 0 Å². The minimum absolute atomic E-state index is 0. The molecule has 237 valence electrons. The van der Waals surface area contributed by atoms with Gasteiger partial charge in [0.25, 0.3) is 0 Å². The van der Waals surface area contributed by atoms with Crippen molar-refractivity contribution in [3.8, 4) is 33.6 Å². The summed E-state index contributed by atoms with van der Waals surface area (Å²) >= 11 is 0. The Morgan fingerprint density at radius 1 is 0.681 bits per heavy atom. The van der Waals surface area contributed by atoms with E-state index in [0.717, 1.165) is 28.1 Å². The van der Waals surface area contributed by atoms with Crippen LogP contribution in [-0.4, -0.2) is 9.97 Å². The Kier molecular flexibility index (Phi) is 9.65. The summed E-state index contributed by atoms with van der Waals surface area (Å²) in [6.45, 7) is 12.0. The van der Waals surface area contributed by atoms with E-state index in [4.69, 9.17) is 2.74 Å². The molecule has 0 unspecified atom stereocenters. The van der Waals surface area contributed by atoms with Crippen molar-refractivity contribution in [2.24, 2.45) is 5.41 Å². The third kappa shape index (κ3) is 8.11. The zero-order chi connectivity index (χ0) is 34.1. The first-order valence-corrected chi connectivity index (χ1v) is 15.7. The van der Waals surface area contributed by atoms with Crippen LogP contribution in [0.1, 0.15) is 45.8 Å². The van der Waals surface area contributed by atoms with Crippen molar-refractivity contribution in [3.63, 3.8) is 0 Å². The van der Waals surface area contributed by atoms with Gasteiger partial charge in [-0.2, -0.15) is 0 Å². The minimum atomic E-state index is -1.48. The number of benzene rings is 5. The first-order chi connectivity index (χ1) is 22.9. The van der Waals surface area contributed by atoms with Crippen molar-refractivity contribution in [2.45, 2.75) is 47.9 Å². The number of rotatable bonds is 4. The molecule has 2 heterocycles. The van der Waals surface area contributed by atoms with Crippen molar-refractivity contribution < 1.29 is 22.8 Å². The Labute approximate surface area is 296 Å². The van der Waals surface area contributed by atoms with Gasteiger partial charge in [0.05, 0.1) is 0 Å². The summed E-state index contributed by atoms with van der Waals surface area (Å²) in [7, 11) is 0. The van der Waals surface area contributed by atoms with Crippen LogP contribution >= 0.6 is 0 Å². The standard InChI is InChI=1S/C30H26N.C14H14N.Ir/c1-30(2,3)20-21-15-16-31-29(17-21)24-11-8-10-22(18-24)28-19-23-9-4-5-12-25(23)26-13-6-7-14-27(26)28;1-10-4-6-13(7-5-10)14-8-11(2)12(3)9-15-14;/h4-10,12-19H,20H2,1-3H3;4-6,8-9H,1-3H3;/q2*-1;/i20D2;;. The summed E-state index contributed by atoms with van der Waals surface area (Å²) in [6.07, 6.45) is 2.13. The van der Waals surface area contributed by atoms with Crippen molar-refractivity contribution >= 4 is 21.5 Å². The van der Waals surface area contributed by atoms with Crippen LogP contribution in [-0.2, 0) is 26.5 Å². The van der Waals surface area contributed by atoms with Gasteiger partial charge in [-0.3, -0.25) is 0 Å². The molecular weight excluding hydrogens is 749 g/mol. The Hall–Kier alpha value is -4.43. The van der Waals surface area contributed by atoms with Crippen molar-refractivity contribution in [3.05, 3.63) is 156 Å². The van der Waals surface area contributed by atoms with E-state index in [0.29, 0.717) is 5.56 Å². The van der Waals surface area contributed by atoms with Crippen molar-refractivity contribution in [1.82, 2.24) is 9.97 Å².